The van der Waals surface area contributed by atoms with E-state index in [9.17, 15) is 4.79 Å². The molecule has 0 heterocycles. The molecule has 0 aromatic rings. The highest BCUT2D eigenvalue weighted by molar-refractivity contribution is 14.0. The van der Waals surface area contributed by atoms with Crippen molar-refractivity contribution < 1.29 is 9.53 Å². The third-order valence-electron chi connectivity index (χ3n) is 3.85. The van der Waals surface area contributed by atoms with E-state index in [0.717, 1.165) is 31.4 Å². The van der Waals surface area contributed by atoms with Gasteiger partial charge in [-0.25, -0.2) is 4.79 Å². The average Bonchev–Trinajstić information content (AvgIpc) is 3.27. The van der Waals surface area contributed by atoms with E-state index < -0.39 is 5.60 Å². The van der Waals surface area contributed by atoms with Gasteiger partial charge in [-0.15, -0.1) is 24.0 Å². The lowest BCUT2D eigenvalue weighted by Crippen LogP contribution is -2.46. The molecule has 0 saturated heterocycles. The van der Waals surface area contributed by atoms with Gasteiger partial charge >= 0.3 is 6.09 Å². The highest BCUT2D eigenvalue weighted by Crippen LogP contribution is 2.34. The van der Waals surface area contributed by atoms with Crippen molar-refractivity contribution in [3.63, 3.8) is 0 Å². The lowest BCUT2D eigenvalue weighted by atomic mass is 10.1. The van der Waals surface area contributed by atoms with Crippen molar-refractivity contribution in [3.05, 3.63) is 0 Å². The van der Waals surface area contributed by atoms with Crippen LogP contribution in [-0.2, 0) is 4.74 Å². The molecule has 0 bridgehead atoms. The average molecular weight is 469 g/mol. The quantitative estimate of drug-likeness (QED) is 0.220. The number of halogens is 1. The number of hydrogen-bond acceptors (Lipinski definition) is 4. The third-order valence-corrected chi connectivity index (χ3v) is 3.85. The van der Waals surface area contributed by atoms with Crippen LogP contribution in [0.2, 0.25) is 0 Å². The van der Waals surface area contributed by atoms with E-state index in [1.54, 1.807) is 7.05 Å². The van der Waals surface area contributed by atoms with Crippen LogP contribution in [0, 0.1) is 5.92 Å². The van der Waals surface area contributed by atoms with Crippen LogP contribution in [-0.4, -0.2) is 69.4 Å². The monoisotopic (exact) mass is 469 g/mol. The Balaban J connectivity index is 0.00000576. The predicted molar refractivity (Wildman–Crippen MR) is 114 cm³/mol. The number of carbonyl (C=O) groups is 1. The molecule has 8 heteroatoms. The molecule has 1 aliphatic carbocycles. The number of guanidine groups is 1. The van der Waals surface area contributed by atoms with Crippen LogP contribution in [0.1, 0.15) is 40.0 Å². The number of alkyl carbamates (subject to hydrolysis) is 1. The van der Waals surface area contributed by atoms with Crippen LogP contribution < -0.4 is 16.0 Å². The molecule has 7 nitrogen and oxygen atoms in total. The minimum atomic E-state index is -0.459. The summed E-state index contributed by atoms with van der Waals surface area (Å²) in [6, 6.07) is 0.553. The van der Waals surface area contributed by atoms with E-state index >= 15 is 0 Å². The SMILES string of the molecule is CN=C(NCCCNC(=O)OC(C)(C)C)NCC(C1CC1)N(C)C.I. The van der Waals surface area contributed by atoms with E-state index in [-0.39, 0.29) is 30.1 Å². The maximum absolute atomic E-state index is 11.5. The summed E-state index contributed by atoms with van der Waals surface area (Å²) in [6.07, 6.45) is 3.09. The molecule has 0 aromatic carbocycles. The molecule has 1 rings (SSSR count). The van der Waals surface area contributed by atoms with Gasteiger partial charge in [0.25, 0.3) is 0 Å². The van der Waals surface area contributed by atoms with Gasteiger partial charge in [0.15, 0.2) is 5.96 Å². The van der Waals surface area contributed by atoms with Crippen molar-refractivity contribution in [2.75, 3.05) is 40.8 Å². The Kier molecular flexibility index (Phi) is 11.4. The first-order valence-corrected chi connectivity index (χ1v) is 8.80. The van der Waals surface area contributed by atoms with E-state index in [2.05, 4.69) is 39.9 Å². The van der Waals surface area contributed by atoms with Gasteiger partial charge in [-0.05, 0) is 60.0 Å². The Labute approximate surface area is 169 Å². The van der Waals surface area contributed by atoms with Crippen molar-refractivity contribution in [3.8, 4) is 0 Å². The molecule has 0 aliphatic heterocycles. The Hall–Kier alpha value is -0.770. The molecule has 148 valence electrons. The van der Waals surface area contributed by atoms with Crippen LogP contribution in [0.5, 0.6) is 0 Å². The molecular formula is C17H36IN5O2. The van der Waals surface area contributed by atoms with Gasteiger partial charge in [-0.1, -0.05) is 0 Å². The van der Waals surface area contributed by atoms with Crippen molar-refractivity contribution in [1.29, 1.82) is 0 Å². The number of ether oxygens (including phenoxy) is 1. The minimum absolute atomic E-state index is 0. The lowest BCUT2D eigenvalue weighted by molar-refractivity contribution is 0.0527. The topological polar surface area (TPSA) is 78.0 Å². The fourth-order valence-corrected chi connectivity index (χ4v) is 2.47. The first-order valence-electron chi connectivity index (χ1n) is 8.80. The molecule has 1 aliphatic rings. The van der Waals surface area contributed by atoms with E-state index in [1.807, 2.05) is 20.8 Å². The molecule has 0 aromatic heterocycles. The van der Waals surface area contributed by atoms with E-state index in [4.69, 9.17) is 4.74 Å². The summed E-state index contributed by atoms with van der Waals surface area (Å²) < 4.78 is 5.19. The van der Waals surface area contributed by atoms with Crippen molar-refractivity contribution >= 4 is 36.0 Å². The Morgan fingerprint density at radius 1 is 1.20 bits per heavy atom. The van der Waals surface area contributed by atoms with Crippen LogP contribution in [0.4, 0.5) is 4.79 Å². The van der Waals surface area contributed by atoms with E-state index in [0.29, 0.717) is 12.6 Å². The predicted octanol–water partition coefficient (Wildman–Crippen LogP) is 2.02. The highest BCUT2D eigenvalue weighted by Gasteiger charge is 2.32. The minimum Gasteiger partial charge on any atom is -0.444 e. The smallest absolute Gasteiger partial charge is 0.407 e. The van der Waals surface area contributed by atoms with Gasteiger partial charge < -0.3 is 25.6 Å². The number of amides is 1. The van der Waals surface area contributed by atoms with Gasteiger partial charge in [0.05, 0.1) is 0 Å². The zero-order valence-electron chi connectivity index (χ0n) is 16.5. The number of hydrogen-bond donors (Lipinski definition) is 3. The molecule has 1 unspecified atom stereocenters. The number of nitrogens with zero attached hydrogens (tertiary/aromatic N) is 2. The number of nitrogens with one attached hydrogen (secondary N) is 3. The van der Waals surface area contributed by atoms with Gasteiger partial charge in [-0.3, -0.25) is 4.99 Å². The Bertz CT molecular complexity index is 418. The third kappa shape index (κ3) is 11.5. The number of rotatable bonds is 8. The largest absolute Gasteiger partial charge is 0.444 e. The standard InChI is InChI=1S/C17H35N5O2.HI/c1-17(2,3)24-16(23)20-11-7-10-19-15(18-4)21-12-14(22(5)6)13-8-9-13;/h13-14H,7-12H2,1-6H3,(H,20,23)(H2,18,19,21);1H. The zero-order valence-corrected chi connectivity index (χ0v) is 18.8. The molecule has 0 spiro atoms. The molecule has 1 saturated carbocycles. The second-order valence-electron chi connectivity index (χ2n) is 7.53. The summed E-state index contributed by atoms with van der Waals surface area (Å²) in [4.78, 5) is 18.1. The normalized spacial score (nSPS) is 16.0. The fourth-order valence-electron chi connectivity index (χ4n) is 2.47. The second-order valence-corrected chi connectivity index (χ2v) is 7.53. The summed E-state index contributed by atoms with van der Waals surface area (Å²) in [5.74, 6) is 1.61. The van der Waals surface area contributed by atoms with Crippen molar-refractivity contribution in [2.24, 2.45) is 10.9 Å². The lowest BCUT2D eigenvalue weighted by Gasteiger charge is -2.25. The number of likely N-dealkylation sites (N-methyl/N-ethyl adjacent to an activating group) is 1. The summed E-state index contributed by atoms with van der Waals surface area (Å²) >= 11 is 0. The summed E-state index contributed by atoms with van der Waals surface area (Å²) in [6.45, 7) is 7.77. The van der Waals surface area contributed by atoms with Gasteiger partial charge in [-0.2, -0.15) is 0 Å². The zero-order chi connectivity index (χ0) is 18.2. The summed E-state index contributed by atoms with van der Waals surface area (Å²) in [7, 11) is 6.03. The van der Waals surface area contributed by atoms with Gasteiger partial charge in [0, 0.05) is 32.7 Å². The fraction of sp³-hybridized carbons (Fsp3) is 0.882. The van der Waals surface area contributed by atoms with Gasteiger partial charge in [0.2, 0.25) is 0 Å². The number of carbonyl (C=O) groups excluding carboxylic acids is 1. The molecular weight excluding hydrogens is 433 g/mol. The summed E-state index contributed by atoms with van der Waals surface area (Å²) in [5.41, 5.74) is -0.459. The van der Waals surface area contributed by atoms with Crippen LogP contribution in [0.15, 0.2) is 4.99 Å². The van der Waals surface area contributed by atoms with Gasteiger partial charge in [0.1, 0.15) is 5.60 Å². The Morgan fingerprint density at radius 3 is 2.28 bits per heavy atom. The second kappa shape index (κ2) is 11.8. The van der Waals surface area contributed by atoms with Crippen molar-refractivity contribution in [2.45, 2.75) is 51.7 Å². The van der Waals surface area contributed by atoms with Crippen LogP contribution >= 0.6 is 24.0 Å². The molecule has 25 heavy (non-hydrogen) atoms. The van der Waals surface area contributed by atoms with Crippen LogP contribution in [0.25, 0.3) is 0 Å². The van der Waals surface area contributed by atoms with Crippen LogP contribution in [0.3, 0.4) is 0 Å². The van der Waals surface area contributed by atoms with E-state index in [1.165, 1.54) is 12.8 Å². The number of aliphatic imine (C=N–C) groups is 1. The molecule has 1 atom stereocenters. The molecule has 3 N–H and O–H groups in total. The van der Waals surface area contributed by atoms with Crippen molar-refractivity contribution in [1.82, 2.24) is 20.9 Å². The first kappa shape index (κ1) is 24.2. The first-order chi connectivity index (χ1) is 11.2. The molecule has 1 amide bonds. The maximum Gasteiger partial charge on any atom is 0.407 e. The highest BCUT2D eigenvalue weighted by atomic mass is 127. The summed E-state index contributed by atoms with van der Waals surface area (Å²) in [5, 5.41) is 9.41. The Morgan fingerprint density at radius 2 is 1.80 bits per heavy atom. The molecule has 0 radical (unpaired) electrons. The maximum atomic E-state index is 11.5. The molecule has 1 fully saturated rings.